The summed E-state index contributed by atoms with van der Waals surface area (Å²) in [7, 11) is 0. The Labute approximate surface area is 153 Å². The lowest BCUT2D eigenvalue weighted by Gasteiger charge is -2.28. The van der Waals surface area contributed by atoms with E-state index in [0.29, 0.717) is 12.3 Å². The van der Waals surface area contributed by atoms with Crippen LogP contribution in [0.25, 0.3) is 10.1 Å². The van der Waals surface area contributed by atoms with Gasteiger partial charge in [0, 0.05) is 16.1 Å². The van der Waals surface area contributed by atoms with E-state index in [1.165, 1.54) is 21.8 Å². The van der Waals surface area contributed by atoms with Crippen molar-refractivity contribution in [2.75, 3.05) is 17.2 Å². The van der Waals surface area contributed by atoms with Crippen LogP contribution < -0.4 is 10.2 Å². The number of fused-ring (bicyclic) bond motifs is 2. The lowest BCUT2D eigenvalue weighted by molar-refractivity contribution is -0.123. The largest absolute Gasteiger partial charge is 0.350 e. The number of amides is 2. The Kier molecular flexibility index (Phi) is 4.46. The van der Waals surface area contributed by atoms with Gasteiger partial charge in [-0.3, -0.25) is 9.59 Å². The summed E-state index contributed by atoms with van der Waals surface area (Å²) in [4.78, 5) is 27.2. The minimum Gasteiger partial charge on any atom is -0.350 e. The highest BCUT2D eigenvalue weighted by molar-refractivity contribution is 8.00. The van der Waals surface area contributed by atoms with Gasteiger partial charge < -0.3 is 10.2 Å². The average molecular weight is 368 g/mol. The third-order valence-electron chi connectivity index (χ3n) is 4.15. The molecule has 4 nitrogen and oxygen atoms in total. The van der Waals surface area contributed by atoms with Gasteiger partial charge >= 0.3 is 0 Å². The zero-order chi connectivity index (χ0) is 17.2. The minimum absolute atomic E-state index is 0.0279. The van der Waals surface area contributed by atoms with Crippen LogP contribution in [0.5, 0.6) is 0 Å². The fourth-order valence-electron chi connectivity index (χ4n) is 2.89. The van der Waals surface area contributed by atoms with E-state index in [9.17, 15) is 9.59 Å². The van der Waals surface area contributed by atoms with E-state index in [0.717, 1.165) is 16.1 Å². The van der Waals surface area contributed by atoms with Crippen LogP contribution in [0.2, 0.25) is 0 Å². The van der Waals surface area contributed by atoms with Gasteiger partial charge in [0.15, 0.2) is 0 Å². The summed E-state index contributed by atoms with van der Waals surface area (Å²) in [5.41, 5.74) is 1.93. The van der Waals surface area contributed by atoms with Crippen LogP contribution >= 0.6 is 23.1 Å². The van der Waals surface area contributed by atoms with Crippen molar-refractivity contribution in [2.45, 2.75) is 11.4 Å². The molecule has 25 heavy (non-hydrogen) atoms. The molecule has 0 saturated carbocycles. The first-order chi connectivity index (χ1) is 12.2. The molecule has 0 unspecified atom stereocenters. The molecule has 1 aliphatic rings. The zero-order valence-electron chi connectivity index (χ0n) is 13.4. The number of benzene rings is 2. The van der Waals surface area contributed by atoms with Gasteiger partial charge in [-0.25, -0.2) is 0 Å². The number of carbonyl (C=O) groups is 2. The van der Waals surface area contributed by atoms with Gasteiger partial charge in [0.2, 0.25) is 11.8 Å². The zero-order valence-corrected chi connectivity index (χ0v) is 15.0. The molecule has 0 atom stereocenters. The Morgan fingerprint density at radius 2 is 1.92 bits per heavy atom. The van der Waals surface area contributed by atoms with Crippen LogP contribution in [0.4, 0.5) is 5.69 Å². The predicted molar refractivity (Wildman–Crippen MR) is 103 cm³/mol. The normalized spacial score (nSPS) is 13.8. The van der Waals surface area contributed by atoms with Crippen molar-refractivity contribution in [1.82, 2.24) is 5.32 Å². The van der Waals surface area contributed by atoms with Crippen molar-refractivity contribution >= 4 is 50.7 Å². The highest BCUT2D eigenvalue weighted by Gasteiger charge is 2.26. The van der Waals surface area contributed by atoms with Gasteiger partial charge in [-0.1, -0.05) is 30.3 Å². The molecule has 0 fully saturated rings. The Balaban J connectivity index is 1.45. The van der Waals surface area contributed by atoms with Gasteiger partial charge in [0.1, 0.15) is 6.54 Å². The van der Waals surface area contributed by atoms with Crippen LogP contribution in [-0.4, -0.2) is 24.1 Å². The summed E-state index contributed by atoms with van der Waals surface area (Å²) >= 11 is 3.19. The van der Waals surface area contributed by atoms with Crippen molar-refractivity contribution < 1.29 is 9.59 Å². The van der Waals surface area contributed by atoms with Crippen molar-refractivity contribution in [2.24, 2.45) is 0 Å². The fourth-order valence-corrected chi connectivity index (χ4v) is 4.79. The highest BCUT2D eigenvalue weighted by Crippen LogP contribution is 2.34. The summed E-state index contributed by atoms with van der Waals surface area (Å²) in [6, 6.07) is 15.9. The first-order valence-electron chi connectivity index (χ1n) is 7.96. The number of nitrogens with zero attached hydrogens (tertiary/aromatic N) is 1. The number of hydrogen-bond donors (Lipinski definition) is 1. The van der Waals surface area contributed by atoms with Crippen LogP contribution in [0, 0.1) is 0 Å². The van der Waals surface area contributed by atoms with Crippen molar-refractivity contribution in [3.05, 3.63) is 59.5 Å². The van der Waals surface area contributed by atoms with E-state index >= 15 is 0 Å². The molecule has 2 heterocycles. The molecule has 1 aliphatic heterocycles. The molecule has 0 saturated heterocycles. The standard InChI is InChI=1S/C19H16N2O2S2/c22-18(20-9-13-11-24-16-7-3-1-5-14(13)16)10-21-15-6-2-4-8-17(15)25-12-19(21)23/h1-8,11H,9-10,12H2,(H,20,22). The molecule has 0 bridgehead atoms. The molecule has 3 aromatic rings. The molecular formula is C19H16N2O2S2. The molecule has 2 amide bonds. The number of rotatable bonds is 4. The molecule has 1 N–H and O–H groups in total. The molecule has 126 valence electrons. The molecule has 1 aromatic heterocycles. The van der Waals surface area contributed by atoms with Crippen molar-refractivity contribution in [3.8, 4) is 0 Å². The molecular weight excluding hydrogens is 352 g/mol. The van der Waals surface area contributed by atoms with E-state index in [1.807, 2.05) is 36.4 Å². The first-order valence-corrected chi connectivity index (χ1v) is 9.83. The first kappa shape index (κ1) is 16.2. The lowest BCUT2D eigenvalue weighted by atomic mass is 10.2. The van der Waals surface area contributed by atoms with Crippen LogP contribution in [0.1, 0.15) is 5.56 Å². The maximum absolute atomic E-state index is 12.4. The van der Waals surface area contributed by atoms with E-state index in [1.54, 1.807) is 16.2 Å². The van der Waals surface area contributed by atoms with E-state index in [-0.39, 0.29) is 18.4 Å². The maximum atomic E-state index is 12.4. The third-order valence-corrected chi connectivity index (χ3v) is 6.21. The van der Waals surface area contributed by atoms with Crippen LogP contribution in [0.15, 0.2) is 58.8 Å². The molecule has 0 aliphatic carbocycles. The van der Waals surface area contributed by atoms with Gasteiger partial charge in [-0.2, -0.15) is 0 Å². The maximum Gasteiger partial charge on any atom is 0.240 e. The smallest absolute Gasteiger partial charge is 0.240 e. The summed E-state index contributed by atoms with van der Waals surface area (Å²) < 4.78 is 1.21. The fraction of sp³-hybridized carbons (Fsp3) is 0.158. The Morgan fingerprint density at radius 3 is 2.84 bits per heavy atom. The second-order valence-electron chi connectivity index (χ2n) is 5.77. The minimum atomic E-state index is -0.148. The average Bonchev–Trinajstić information content (AvgIpc) is 3.06. The quantitative estimate of drug-likeness (QED) is 0.765. The number of nitrogens with one attached hydrogen (secondary N) is 1. The molecule has 0 spiro atoms. The van der Waals surface area contributed by atoms with E-state index in [4.69, 9.17) is 0 Å². The van der Waals surface area contributed by atoms with E-state index in [2.05, 4.69) is 22.8 Å². The van der Waals surface area contributed by atoms with Gasteiger partial charge in [0.05, 0.1) is 11.4 Å². The summed E-state index contributed by atoms with van der Waals surface area (Å²) in [5, 5.41) is 6.19. The Hall–Kier alpha value is -2.31. The second-order valence-corrected chi connectivity index (χ2v) is 7.70. The molecule has 0 radical (unpaired) electrons. The van der Waals surface area contributed by atoms with E-state index < -0.39 is 0 Å². The Morgan fingerprint density at radius 1 is 1.12 bits per heavy atom. The molecule has 2 aromatic carbocycles. The number of carbonyl (C=O) groups excluding carboxylic acids is 2. The monoisotopic (exact) mass is 368 g/mol. The molecule has 4 rings (SSSR count). The van der Waals surface area contributed by atoms with Crippen LogP contribution in [-0.2, 0) is 16.1 Å². The number of anilines is 1. The Bertz CT molecular complexity index is 951. The summed E-state index contributed by atoms with van der Waals surface area (Å²) in [6.07, 6.45) is 0. The second kappa shape index (κ2) is 6.90. The SMILES string of the molecule is O=C(CN1C(=O)CSc2ccccc21)NCc1csc2ccccc12. The topological polar surface area (TPSA) is 49.4 Å². The number of hydrogen-bond acceptors (Lipinski definition) is 4. The summed E-state index contributed by atoms with van der Waals surface area (Å²) in [5.74, 6) is 0.199. The van der Waals surface area contributed by atoms with Crippen molar-refractivity contribution in [3.63, 3.8) is 0 Å². The lowest BCUT2D eigenvalue weighted by Crippen LogP contribution is -2.43. The van der Waals surface area contributed by atoms with Crippen molar-refractivity contribution in [1.29, 1.82) is 0 Å². The van der Waals surface area contributed by atoms with Gasteiger partial charge in [0.25, 0.3) is 0 Å². The highest BCUT2D eigenvalue weighted by atomic mass is 32.2. The predicted octanol–water partition coefficient (Wildman–Crippen LogP) is 3.66. The number of para-hydroxylation sites is 1. The molecule has 6 heteroatoms. The van der Waals surface area contributed by atoms with Gasteiger partial charge in [-0.15, -0.1) is 23.1 Å². The van der Waals surface area contributed by atoms with Gasteiger partial charge in [-0.05, 0) is 34.5 Å². The number of thiophene rings is 1. The third kappa shape index (κ3) is 3.27. The van der Waals surface area contributed by atoms with Crippen LogP contribution in [0.3, 0.4) is 0 Å². The summed E-state index contributed by atoms with van der Waals surface area (Å²) in [6.45, 7) is 0.528. The number of thioether (sulfide) groups is 1.